The first kappa shape index (κ1) is 11.4. The lowest BCUT2D eigenvalue weighted by molar-refractivity contribution is -0.130. The molecule has 0 radical (unpaired) electrons. The molecule has 90 valence electrons. The molecule has 1 aromatic carbocycles. The number of piperazine rings is 1. The maximum Gasteiger partial charge on any atom is 0.246 e. The normalized spacial score (nSPS) is 16.1. The number of nitrogens with one attached hydrogen (secondary N) is 1. The molecule has 0 saturated carbocycles. The van der Waals surface area contributed by atoms with Crippen molar-refractivity contribution in [1.29, 1.82) is 0 Å². The summed E-state index contributed by atoms with van der Waals surface area (Å²) in [5.41, 5.74) is -0.574. The van der Waals surface area contributed by atoms with Crippen LogP contribution >= 0.6 is 0 Å². The number of hydrogen-bond acceptors (Lipinski definition) is 3. The Kier molecular flexibility index (Phi) is 2.74. The van der Waals surface area contributed by atoms with Gasteiger partial charge in [-0.05, 0) is 0 Å². The second-order valence-corrected chi connectivity index (χ2v) is 3.55. The molecule has 1 N–H and O–H groups in total. The second kappa shape index (κ2) is 4.08. The molecule has 1 fully saturated rings. The number of carbonyl (C=O) groups excluding carboxylic acids is 2. The molecule has 0 atom stereocenters. The molecular weight excluding hydrogens is 237 g/mol. The molecule has 4 nitrogen and oxygen atoms in total. The van der Waals surface area contributed by atoms with Gasteiger partial charge in [-0.15, -0.1) is 0 Å². The molecule has 2 rings (SSSR count). The molecule has 1 aliphatic rings. The summed E-state index contributed by atoms with van der Waals surface area (Å²) in [4.78, 5) is 23.0. The van der Waals surface area contributed by atoms with Gasteiger partial charge in [0, 0.05) is 12.1 Å². The predicted octanol–water partition coefficient (Wildman–Crippen LogP) is 0.567. The third-order valence-corrected chi connectivity index (χ3v) is 2.25. The summed E-state index contributed by atoms with van der Waals surface area (Å²) in [5.74, 6) is -4.68. The van der Waals surface area contributed by atoms with E-state index in [0.29, 0.717) is 12.1 Å². The fraction of sp³-hybridized carbons (Fsp3) is 0.200. The fourth-order valence-electron chi connectivity index (χ4n) is 1.63. The van der Waals surface area contributed by atoms with Gasteiger partial charge in [-0.2, -0.15) is 0 Å². The van der Waals surface area contributed by atoms with E-state index in [1.54, 1.807) is 0 Å². The molecule has 0 aliphatic carbocycles. The van der Waals surface area contributed by atoms with Crippen molar-refractivity contribution in [3.05, 3.63) is 29.6 Å². The van der Waals surface area contributed by atoms with E-state index in [-0.39, 0.29) is 13.1 Å². The highest BCUT2D eigenvalue weighted by molar-refractivity contribution is 6.02. The van der Waals surface area contributed by atoms with E-state index in [0.717, 1.165) is 4.90 Å². The second-order valence-electron chi connectivity index (χ2n) is 3.55. The van der Waals surface area contributed by atoms with Gasteiger partial charge in [0.25, 0.3) is 0 Å². The maximum absolute atomic E-state index is 13.4. The zero-order chi connectivity index (χ0) is 12.6. The molecule has 0 spiro atoms. The van der Waals surface area contributed by atoms with Gasteiger partial charge < -0.3 is 4.90 Å². The number of imide groups is 1. The minimum Gasteiger partial charge on any atom is -0.348 e. The van der Waals surface area contributed by atoms with E-state index in [1.807, 2.05) is 5.32 Å². The Morgan fingerprint density at radius 3 is 1.94 bits per heavy atom. The summed E-state index contributed by atoms with van der Waals surface area (Å²) < 4.78 is 39.5. The van der Waals surface area contributed by atoms with Crippen LogP contribution in [0.25, 0.3) is 0 Å². The van der Waals surface area contributed by atoms with Crippen molar-refractivity contribution in [1.82, 2.24) is 5.32 Å². The molecule has 7 heteroatoms. The number of nitrogens with zero attached hydrogens (tertiary/aromatic N) is 1. The monoisotopic (exact) mass is 244 g/mol. The van der Waals surface area contributed by atoms with E-state index >= 15 is 0 Å². The average Bonchev–Trinajstić information content (AvgIpc) is 2.13. The van der Waals surface area contributed by atoms with Gasteiger partial charge in [-0.3, -0.25) is 14.9 Å². The first-order valence-corrected chi connectivity index (χ1v) is 4.69. The highest BCUT2D eigenvalue weighted by atomic mass is 19.1. The quantitative estimate of drug-likeness (QED) is 0.734. The smallest absolute Gasteiger partial charge is 0.246 e. The average molecular weight is 244 g/mol. The first-order chi connectivity index (χ1) is 7.97. The third-order valence-electron chi connectivity index (χ3n) is 2.25. The molecule has 1 saturated heterocycles. The van der Waals surface area contributed by atoms with Crippen molar-refractivity contribution in [3.63, 3.8) is 0 Å². The Hall–Kier alpha value is -2.05. The fourth-order valence-corrected chi connectivity index (χ4v) is 1.63. The van der Waals surface area contributed by atoms with Crippen molar-refractivity contribution >= 4 is 17.5 Å². The van der Waals surface area contributed by atoms with Crippen LogP contribution in [0.15, 0.2) is 12.1 Å². The summed E-state index contributed by atoms with van der Waals surface area (Å²) in [6, 6.07) is 0.991. The van der Waals surface area contributed by atoms with Crippen LogP contribution in [0, 0.1) is 17.5 Å². The molecule has 0 unspecified atom stereocenters. The first-order valence-electron chi connectivity index (χ1n) is 4.69. The van der Waals surface area contributed by atoms with Crippen LogP contribution in [-0.2, 0) is 9.59 Å². The Morgan fingerprint density at radius 1 is 1.00 bits per heavy atom. The Morgan fingerprint density at radius 2 is 1.47 bits per heavy atom. The van der Waals surface area contributed by atoms with Crippen LogP contribution < -0.4 is 10.2 Å². The topological polar surface area (TPSA) is 49.4 Å². The molecular formula is C10H7F3N2O2. The van der Waals surface area contributed by atoms with Gasteiger partial charge in [-0.25, -0.2) is 13.2 Å². The van der Waals surface area contributed by atoms with Crippen molar-refractivity contribution in [2.75, 3.05) is 18.0 Å². The van der Waals surface area contributed by atoms with Crippen molar-refractivity contribution < 1.29 is 22.8 Å². The number of halogens is 3. The summed E-state index contributed by atoms with van der Waals surface area (Å²) in [5, 5.41) is 1.99. The van der Waals surface area contributed by atoms with E-state index in [9.17, 15) is 22.8 Å². The van der Waals surface area contributed by atoms with Gasteiger partial charge in [-0.1, -0.05) is 0 Å². The zero-order valence-corrected chi connectivity index (χ0v) is 8.47. The third kappa shape index (κ3) is 2.22. The van der Waals surface area contributed by atoms with Crippen LogP contribution in [0.5, 0.6) is 0 Å². The lowest BCUT2D eigenvalue weighted by Crippen LogP contribution is -2.52. The molecule has 2 amide bonds. The Balaban J connectivity index is 2.40. The van der Waals surface area contributed by atoms with Crippen LogP contribution in [0.4, 0.5) is 18.9 Å². The standard InChI is InChI=1S/C10H7F3N2O2/c11-5-1-6(12)10(7(13)2-5)15-3-8(16)14-9(17)4-15/h1-2H,3-4H2,(H,14,16,17). The molecule has 0 aromatic heterocycles. The van der Waals surface area contributed by atoms with Crippen molar-refractivity contribution in [3.8, 4) is 0 Å². The van der Waals surface area contributed by atoms with Crippen LogP contribution in [0.3, 0.4) is 0 Å². The lowest BCUT2D eigenvalue weighted by Gasteiger charge is -2.27. The molecule has 1 heterocycles. The zero-order valence-electron chi connectivity index (χ0n) is 8.47. The van der Waals surface area contributed by atoms with Crippen LogP contribution in [-0.4, -0.2) is 24.9 Å². The minimum atomic E-state index is -1.15. The van der Waals surface area contributed by atoms with E-state index in [1.165, 1.54) is 0 Å². The van der Waals surface area contributed by atoms with Gasteiger partial charge in [0.2, 0.25) is 11.8 Å². The minimum absolute atomic E-state index is 0.356. The number of anilines is 1. The largest absolute Gasteiger partial charge is 0.348 e. The Labute approximate surface area is 94.0 Å². The van der Waals surface area contributed by atoms with Crippen LogP contribution in [0.1, 0.15) is 0 Å². The molecule has 1 aromatic rings. The molecule has 1 aliphatic heterocycles. The lowest BCUT2D eigenvalue weighted by atomic mass is 10.2. The summed E-state index contributed by atoms with van der Waals surface area (Å²) >= 11 is 0. The highest BCUT2D eigenvalue weighted by Gasteiger charge is 2.27. The maximum atomic E-state index is 13.4. The molecule has 17 heavy (non-hydrogen) atoms. The van der Waals surface area contributed by atoms with E-state index in [4.69, 9.17) is 0 Å². The van der Waals surface area contributed by atoms with Crippen molar-refractivity contribution in [2.24, 2.45) is 0 Å². The summed E-state index contributed by atoms with van der Waals surface area (Å²) in [6.07, 6.45) is 0. The van der Waals surface area contributed by atoms with Crippen molar-refractivity contribution in [2.45, 2.75) is 0 Å². The van der Waals surface area contributed by atoms with Gasteiger partial charge in [0.15, 0.2) is 11.6 Å². The predicted molar refractivity (Wildman–Crippen MR) is 51.7 cm³/mol. The number of rotatable bonds is 1. The summed E-state index contributed by atoms with van der Waals surface area (Å²) in [7, 11) is 0. The van der Waals surface area contributed by atoms with E-state index < -0.39 is 35.0 Å². The number of carbonyl (C=O) groups is 2. The molecule has 0 bridgehead atoms. The number of hydrogen-bond donors (Lipinski definition) is 1. The highest BCUT2D eigenvalue weighted by Crippen LogP contribution is 2.24. The van der Waals surface area contributed by atoms with Gasteiger partial charge >= 0.3 is 0 Å². The SMILES string of the molecule is O=C1CN(c2c(F)cc(F)cc2F)CC(=O)N1. The number of benzene rings is 1. The number of amides is 2. The van der Waals surface area contributed by atoms with Gasteiger partial charge in [0.1, 0.15) is 11.5 Å². The van der Waals surface area contributed by atoms with E-state index in [2.05, 4.69) is 0 Å². The van der Waals surface area contributed by atoms with Crippen LogP contribution in [0.2, 0.25) is 0 Å². The Bertz CT molecular complexity index is 465. The summed E-state index contributed by atoms with van der Waals surface area (Å²) in [6.45, 7) is -0.712. The van der Waals surface area contributed by atoms with Gasteiger partial charge in [0.05, 0.1) is 13.1 Å².